The third-order valence-corrected chi connectivity index (χ3v) is 8.95. The zero-order chi connectivity index (χ0) is 37.5. The van der Waals surface area contributed by atoms with Crippen LogP contribution in [0.1, 0.15) is 30.9 Å². The number of nitrogens with zero attached hydrogens (tertiary/aromatic N) is 2. The fourth-order valence-electron chi connectivity index (χ4n) is 4.79. The van der Waals surface area contributed by atoms with Crippen molar-refractivity contribution in [1.82, 2.24) is 9.97 Å². The summed E-state index contributed by atoms with van der Waals surface area (Å²) in [7, 11) is -4.07. The number of halogens is 6. The molecule has 2 heterocycles. The third kappa shape index (κ3) is 10.9. The Morgan fingerprint density at radius 2 is 1.78 bits per heavy atom. The largest absolute Gasteiger partial charge is 0.493 e. The number of benzene rings is 3. The molecule has 3 aromatic carbocycles. The van der Waals surface area contributed by atoms with Gasteiger partial charge in [0.15, 0.2) is 5.75 Å². The highest BCUT2D eigenvalue weighted by atomic mass is 79.9. The molecule has 1 unspecified atom stereocenters. The molecule has 1 atom stereocenters. The lowest BCUT2D eigenvalue weighted by atomic mass is 9.98. The van der Waals surface area contributed by atoms with E-state index in [0.29, 0.717) is 35.5 Å². The number of amides is 1. The maximum atomic E-state index is 14.4. The molecule has 0 saturated carbocycles. The average molecular weight is 804 g/mol. The average Bonchev–Trinajstić information content (AvgIpc) is 3.54. The molecule has 19 heteroatoms. The molecule has 12 nitrogen and oxygen atoms in total. The van der Waals surface area contributed by atoms with Crippen molar-refractivity contribution in [2.75, 3.05) is 41.5 Å². The zero-order valence-corrected chi connectivity index (χ0v) is 29.2. The van der Waals surface area contributed by atoms with E-state index < -0.39 is 39.9 Å². The topological polar surface area (TPSA) is 195 Å². The van der Waals surface area contributed by atoms with Crippen LogP contribution in [0, 0.1) is 11.6 Å². The summed E-state index contributed by atoms with van der Waals surface area (Å²) in [5.41, 5.74) is 18.7. The van der Waals surface area contributed by atoms with Gasteiger partial charge in [0.1, 0.15) is 29.0 Å². The molecule has 1 amide bonds. The Bertz CT molecular complexity index is 2000. The fraction of sp³-hybridized carbons (Fsp3) is 0.281. The van der Waals surface area contributed by atoms with Crippen molar-refractivity contribution in [2.24, 2.45) is 0 Å². The van der Waals surface area contributed by atoms with E-state index in [-0.39, 0.29) is 57.7 Å². The van der Waals surface area contributed by atoms with Gasteiger partial charge in [-0.15, -0.1) is 0 Å². The molecule has 1 saturated heterocycles. The van der Waals surface area contributed by atoms with Crippen LogP contribution < -0.4 is 31.4 Å². The van der Waals surface area contributed by atoms with Crippen LogP contribution in [-0.2, 0) is 26.1 Å². The van der Waals surface area contributed by atoms with Crippen molar-refractivity contribution in [3.05, 3.63) is 82.0 Å². The molecular weight excluding hydrogens is 771 g/mol. The lowest BCUT2D eigenvalue weighted by Crippen LogP contribution is -2.29. The van der Waals surface area contributed by atoms with Gasteiger partial charge >= 0.3 is 22.2 Å². The highest BCUT2D eigenvalue weighted by Gasteiger charge is 2.38. The van der Waals surface area contributed by atoms with Gasteiger partial charge in [-0.25, -0.2) is 13.8 Å². The second-order valence-corrected chi connectivity index (χ2v) is 13.4. The van der Waals surface area contributed by atoms with Crippen LogP contribution in [-0.4, -0.2) is 55.5 Å². The van der Waals surface area contributed by atoms with E-state index in [9.17, 15) is 35.2 Å². The van der Waals surface area contributed by atoms with Crippen LogP contribution in [0.25, 0.3) is 11.1 Å². The molecular formula is C32H32BrF5N6O6S. The summed E-state index contributed by atoms with van der Waals surface area (Å²) in [6.45, 7) is 2.55. The first-order chi connectivity index (χ1) is 24.0. The van der Waals surface area contributed by atoms with E-state index in [1.54, 1.807) is 25.1 Å². The number of nitrogens with two attached hydrogens (primary N) is 3. The van der Waals surface area contributed by atoms with Gasteiger partial charge in [-0.2, -0.15) is 26.6 Å². The van der Waals surface area contributed by atoms with Crippen LogP contribution in [0.5, 0.6) is 11.5 Å². The summed E-state index contributed by atoms with van der Waals surface area (Å²) >= 11 is 2.83. The highest BCUT2D eigenvalue weighted by molar-refractivity contribution is 9.10. The first-order valence-corrected chi connectivity index (χ1v) is 17.4. The first-order valence-electron chi connectivity index (χ1n) is 15.0. The van der Waals surface area contributed by atoms with Gasteiger partial charge in [-0.1, -0.05) is 6.07 Å². The summed E-state index contributed by atoms with van der Waals surface area (Å²) < 4.78 is 106. The van der Waals surface area contributed by atoms with Crippen LogP contribution in [0.15, 0.2) is 59.2 Å². The van der Waals surface area contributed by atoms with E-state index in [4.69, 9.17) is 30.9 Å². The number of hydrogen-bond acceptors (Lipinski definition) is 11. The molecule has 5 rings (SSSR count). The number of nitrogen functional groups attached to an aromatic ring is 3. The second-order valence-electron chi connectivity index (χ2n) is 11.0. The number of anilines is 4. The molecule has 51 heavy (non-hydrogen) atoms. The van der Waals surface area contributed by atoms with Gasteiger partial charge in [0, 0.05) is 30.5 Å². The molecule has 1 aromatic heterocycles. The monoisotopic (exact) mass is 802 g/mol. The summed E-state index contributed by atoms with van der Waals surface area (Å²) in [4.78, 5) is 18.4. The van der Waals surface area contributed by atoms with Crippen LogP contribution in [0.2, 0.25) is 0 Å². The Hall–Kier alpha value is -4.75. The van der Waals surface area contributed by atoms with E-state index in [0.717, 1.165) is 18.6 Å². The Morgan fingerprint density at radius 3 is 2.39 bits per heavy atom. The van der Waals surface area contributed by atoms with Gasteiger partial charge in [0.25, 0.3) is 0 Å². The van der Waals surface area contributed by atoms with Gasteiger partial charge in [0.2, 0.25) is 5.95 Å². The number of nitrogens with one attached hydrogen (secondary N) is 1. The molecule has 1 fully saturated rings. The Morgan fingerprint density at radius 1 is 1.06 bits per heavy atom. The predicted molar refractivity (Wildman–Crippen MR) is 183 cm³/mol. The summed E-state index contributed by atoms with van der Waals surface area (Å²) in [6, 6.07) is 10.6. The van der Waals surface area contributed by atoms with Crippen molar-refractivity contribution in [3.8, 4) is 22.6 Å². The number of ether oxygens (including phenoxy) is 2. The molecule has 7 N–H and O–H groups in total. The van der Waals surface area contributed by atoms with E-state index in [1.165, 1.54) is 29.7 Å². The van der Waals surface area contributed by atoms with E-state index in [1.807, 2.05) is 0 Å². The number of alkyl halides is 3. The Balaban J connectivity index is 0.000000326. The third-order valence-electron chi connectivity index (χ3n) is 7.09. The smallest absolute Gasteiger partial charge is 0.471 e. The molecule has 0 bridgehead atoms. The number of rotatable bonds is 10. The van der Waals surface area contributed by atoms with Gasteiger partial charge in [-0.3, -0.25) is 4.79 Å². The maximum Gasteiger partial charge on any atom is 0.471 e. The predicted octanol–water partition coefficient (Wildman–Crippen LogP) is 6.00. The van der Waals surface area contributed by atoms with E-state index >= 15 is 0 Å². The van der Waals surface area contributed by atoms with Gasteiger partial charge < -0.3 is 36.2 Å². The molecule has 0 aliphatic carbocycles. The first kappa shape index (κ1) is 39.0. The second kappa shape index (κ2) is 16.5. The van der Waals surface area contributed by atoms with Crippen LogP contribution in [0.3, 0.4) is 0 Å². The lowest BCUT2D eigenvalue weighted by Gasteiger charge is -2.19. The zero-order valence-electron chi connectivity index (χ0n) is 26.8. The number of carbonyl (C=O) groups is 1. The minimum atomic E-state index is -4.98. The summed E-state index contributed by atoms with van der Waals surface area (Å²) in [5, 5.41) is 1.53. The molecule has 0 spiro atoms. The number of carbonyl (C=O) groups excluding carboxylic acids is 1. The van der Waals surface area contributed by atoms with Crippen molar-refractivity contribution in [3.63, 3.8) is 0 Å². The molecule has 1 aliphatic rings. The van der Waals surface area contributed by atoms with Gasteiger partial charge in [-0.05, 0) is 89.3 Å². The summed E-state index contributed by atoms with van der Waals surface area (Å²) in [6.07, 6.45) is -2.29. The number of hydrogen-bond donors (Lipinski definition) is 4. The Labute approximate surface area is 297 Å². The highest BCUT2D eigenvalue weighted by Crippen LogP contribution is 2.42. The minimum Gasteiger partial charge on any atom is -0.493 e. The SMILES string of the molecule is CCOc1cc(Cc2cnc(N)nc2N)cc(OS(=O)(=O)CC2CCCO2)c1-c1ccc(N)c(F)c1.O=C(Nc1ccc(Br)c(F)c1)C(F)(F)F. The quantitative estimate of drug-likeness (QED) is 0.0835. The molecule has 4 aromatic rings. The molecule has 0 radical (unpaired) electrons. The summed E-state index contributed by atoms with van der Waals surface area (Å²) in [5.74, 6) is -3.34. The van der Waals surface area contributed by atoms with E-state index in [2.05, 4.69) is 25.9 Å². The minimum absolute atomic E-state index is 0.0203. The van der Waals surface area contributed by atoms with Gasteiger partial charge in [0.05, 0.1) is 28.4 Å². The van der Waals surface area contributed by atoms with Crippen molar-refractivity contribution in [2.45, 2.75) is 38.5 Å². The fourth-order valence-corrected chi connectivity index (χ4v) is 6.23. The van der Waals surface area contributed by atoms with Crippen LogP contribution >= 0.6 is 15.9 Å². The normalized spacial score (nSPS) is 14.4. The van der Waals surface area contributed by atoms with Crippen molar-refractivity contribution in [1.29, 1.82) is 0 Å². The van der Waals surface area contributed by atoms with Crippen molar-refractivity contribution < 1.29 is 48.8 Å². The Kier molecular flexibility index (Phi) is 12.6. The lowest BCUT2D eigenvalue weighted by molar-refractivity contribution is -0.167. The standard InChI is InChI=1S/C24H28FN5O5S.C8H4BrF4NO/c1-2-33-20-9-14(8-16-12-29-24(28)30-23(16)27)10-21(22(20)15-5-6-19(26)18(25)11-15)35-36(31,32)13-17-4-3-7-34-17;9-5-2-1-4(3-6(5)10)14-7(15)8(11,12)13/h5-6,9-12,17H,2-4,7-8,13,26H2,1H3,(H4,27,28,29,30);1-3H,(H,14,15). The number of aromatic nitrogens is 2. The molecule has 1 aliphatic heterocycles. The van der Waals surface area contributed by atoms with Crippen LogP contribution in [0.4, 0.5) is 45.1 Å². The molecule has 274 valence electrons. The van der Waals surface area contributed by atoms with Crippen molar-refractivity contribution >= 4 is 55.1 Å². The maximum absolute atomic E-state index is 14.4.